The average Bonchev–Trinajstić information content (AvgIpc) is 2.25. The van der Waals surface area contributed by atoms with Crippen LogP contribution in [-0.4, -0.2) is 10.5 Å². The Bertz CT molecular complexity index is 260. The van der Waals surface area contributed by atoms with Crippen LogP contribution in [0, 0.1) is 34.5 Å². The third-order valence-electron chi connectivity index (χ3n) is 2.35. The number of rotatable bonds is 3. The van der Waals surface area contributed by atoms with Gasteiger partial charge in [-0.1, -0.05) is 11.5 Å². The Hall–Kier alpha value is -0.790. The van der Waals surface area contributed by atoms with Gasteiger partial charge in [-0.2, -0.15) is 10.5 Å². The zero-order valence-electron chi connectivity index (χ0n) is 7.42. The van der Waals surface area contributed by atoms with Crippen LogP contribution < -0.4 is 0 Å². The van der Waals surface area contributed by atoms with Crippen molar-refractivity contribution in [3.05, 3.63) is 0 Å². The number of hydrogen-bond donors (Lipinski definition) is 1. The molecule has 6 heteroatoms. The molecule has 0 amide bonds. The van der Waals surface area contributed by atoms with E-state index in [4.69, 9.17) is 15.8 Å². The van der Waals surface area contributed by atoms with Crippen molar-refractivity contribution in [2.45, 2.75) is 24.5 Å². The minimum Gasteiger partial charge on any atom is -0.220 e. The zero-order valence-corrected chi connectivity index (χ0v) is 8.24. The molecule has 0 saturated heterocycles. The molecule has 0 aromatic heterocycles. The molecule has 1 aliphatic rings. The SMILES string of the molecule is N#CC1CCCC(SOOO)C1C#N. The minimum atomic E-state index is -0.353. The Balaban J connectivity index is 2.56. The van der Waals surface area contributed by atoms with E-state index >= 15 is 0 Å². The van der Waals surface area contributed by atoms with E-state index in [1.54, 1.807) is 0 Å². The summed E-state index contributed by atoms with van der Waals surface area (Å²) in [6.07, 6.45) is 2.44. The van der Waals surface area contributed by atoms with Crippen molar-refractivity contribution >= 4 is 12.0 Å². The molecule has 0 aromatic rings. The summed E-state index contributed by atoms with van der Waals surface area (Å²) in [4.78, 5) is 0. The van der Waals surface area contributed by atoms with Crippen LogP contribution in [0.2, 0.25) is 0 Å². The first-order chi connectivity index (χ1) is 6.83. The fraction of sp³-hybridized carbons (Fsp3) is 0.750. The first kappa shape index (κ1) is 11.3. The Labute approximate surface area is 86.3 Å². The smallest absolute Gasteiger partial charge is 0.0763 e. The molecule has 1 N–H and O–H groups in total. The molecular formula is C8H10N2O3S. The standard InChI is InChI=1S/C8H10N2O3S/c9-4-6-2-1-3-8(7(6)5-10)14-13-12-11/h6-8,11H,1-3H2. The van der Waals surface area contributed by atoms with Gasteiger partial charge in [-0.05, 0) is 12.8 Å². The second kappa shape index (κ2) is 5.84. The van der Waals surface area contributed by atoms with E-state index in [-0.39, 0.29) is 17.1 Å². The van der Waals surface area contributed by atoms with Crippen molar-refractivity contribution in [3.63, 3.8) is 0 Å². The molecule has 1 rings (SSSR count). The van der Waals surface area contributed by atoms with E-state index in [2.05, 4.69) is 21.5 Å². The third-order valence-corrected chi connectivity index (χ3v) is 3.26. The van der Waals surface area contributed by atoms with E-state index in [1.165, 1.54) is 0 Å². The second-order valence-corrected chi connectivity index (χ2v) is 4.03. The highest BCUT2D eigenvalue weighted by Crippen LogP contribution is 2.37. The van der Waals surface area contributed by atoms with Crippen LogP contribution >= 0.6 is 12.0 Å². The Morgan fingerprint density at radius 1 is 1.29 bits per heavy atom. The second-order valence-electron chi connectivity index (χ2n) is 3.10. The fourth-order valence-electron chi connectivity index (χ4n) is 1.65. The summed E-state index contributed by atoms with van der Waals surface area (Å²) in [5.74, 6) is -0.595. The van der Waals surface area contributed by atoms with Gasteiger partial charge in [0, 0.05) is 12.0 Å². The quantitative estimate of drug-likeness (QED) is 0.438. The predicted octanol–water partition coefficient (Wildman–Crippen LogP) is 1.89. The van der Waals surface area contributed by atoms with Gasteiger partial charge in [0.25, 0.3) is 0 Å². The van der Waals surface area contributed by atoms with Crippen LogP contribution in [0.4, 0.5) is 0 Å². The summed E-state index contributed by atoms with van der Waals surface area (Å²) in [6.45, 7) is 0. The average molecular weight is 214 g/mol. The highest BCUT2D eigenvalue weighted by atomic mass is 32.2. The van der Waals surface area contributed by atoms with Crippen molar-refractivity contribution in [3.8, 4) is 12.1 Å². The Morgan fingerprint density at radius 2 is 2.07 bits per heavy atom. The molecule has 3 atom stereocenters. The van der Waals surface area contributed by atoms with Crippen molar-refractivity contribution in [1.29, 1.82) is 10.5 Å². The van der Waals surface area contributed by atoms with Gasteiger partial charge in [-0.15, -0.1) is 4.33 Å². The summed E-state index contributed by atoms with van der Waals surface area (Å²) < 4.78 is 4.31. The van der Waals surface area contributed by atoms with E-state index in [0.29, 0.717) is 0 Å². The summed E-state index contributed by atoms with van der Waals surface area (Å²) >= 11 is 0.903. The molecule has 0 spiro atoms. The fourth-order valence-corrected chi connectivity index (χ4v) is 2.42. The highest BCUT2D eigenvalue weighted by molar-refractivity contribution is 7.95. The summed E-state index contributed by atoms with van der Waals surface area (Å²) in [5.41, 5.74) is 0. The monoisotopic (exact) mass is 214 g/mol. The molecule has 5 nitrogen and oxygen atoms in total. The summed E-state index contributed by atoms with van der Waals surface area (Å²) in [5, 5.41) is 29.1. The molecule has 3 unspecified atom stereocenters. The van der Waals surface area contributed by atoms with Crippen LogP contribution in [0.25, 0.3) is 0 Å². The molecular weight excluding hydrogens is 204 g/mol. The number of nitriles is 2. The van der Waals surface area contributed by atoms with Crippen molar-refractivity contribution in [2.24, 2.45) is 11.8 Å². The van der Waals surface area contributed by atoms with E-state index in [9.17, 15) is 0 Å². The van der Waals surface area contributed by atoms with E-state index in [1.807, 2.05) is 0 Å². The van der Waals surface area contributed by atoms with E-state index in [0.717, 1.165) is 31.3 Å². The van der Waals surface area contributed by atoms with Gasteiger partial charge in [0.2, 0.25) is 0 Å². The zero-order chi connectivity index (χ0) is 10.4. The lowest BCUT2D eigenvalue weighted by Crippen LogP contribution is -2.28. The van der Waals surface area contributed by atoms with Crippen molar-refractivity contribution in [2.75, 3.05) is 0 Å². The highest BCUT2D eigenvalue weighted by Gasteiger charge is 2.34. The van der Waals surface area contributed by atoms with Gasteiger partial charge < -0.3 is 0 Å². The Morgan fingerprint density at radius 3 is 2.64 bits per heavy atom. The molecule has 0 aliphatic heterocycles. The third kappa shape index (κ3) is 2.60. The molecule has 14 heavy (non-hydrogen) atoms. The molecule has 1 aliphatic carbocycles. The van der Waals surface area contributed by atoms with Gasteiger partial charge in [0.15, 0.2) is 0 Å². The lowest BCUT2D eigenvalue weighted by molar-refractivity contribution is -0.432. The Kier molecular flexibility index (Phi) is 4.71. The van der Waals surface area contributed by atoms with Crippen molar-refractivity contribution in [1.82, 2.24) is 0 Å². The molecule has 76 valence electrons. The topological polar surface area (TPSA) is 86.3 Å². The maximum Gasteiger partial charge on any atom is 0.0763 e. The van der Waals surface area contributed by atoms with Gasteiger partial charge in [0.1, 0.15) is 0 Å². The van der Waals surface area contributed by atoms with Crippen LogP contribution in [0.5, 0.6) is 0 Å². The number of nitrogens with zero attached hydrogens (tertiary/aromatic N) is 2. The predicted molar refractivity (Wildman–Crippen MR) is 48.2 cm³/mol. The van der Waals surface area contributed by atoms with Crippen LogP contribution in [-0.2, 0) is 9.37 Å². The molecule has 0 radical (unpaired) electrons. The first-order valence-corrected chi connectivity index (χ1v) is 5.06. The molecule has 0 bridgehead atoms. The van der Waals surface area contributed by atoms with Gasteiger partial charge in [-0.25, -0.2) is 5.26 Å². The summed E-state index contributed by atoms with van der Waals surface area (Å²) in [6, 6.07) is 4.22. The maximum absolute atomic E-state index is 8.89. The summed E-state index contributed by atoms with van der Waals surface area (Å²) in [7, 11) is 0. The van der Waals surface area contributed by atoms with Crippen LogP contribution in [0.1, 0.15) is 19.3 Å². The largest absolute Gasteiger partial charge is 0.220 e. The molecule has 1 fully saturated rings. The normalized spacial score (nSPS) is 31.8. The van der Waals surface area contributed by atoms with Crippen molar-refractivity contribution < 1.29 is 14.6 Å². The lowest BCUT2D eigenvalue weighted by atomic mass is 9.80. The molecule has 0 aromatic carbocycles. The van der Waals surface area contributed by atoms with Crippen LogP contribution in [0.3, 0.4) is 0 Å². The van der Waals surface area contributed by atoms with Gasteiger partial charge in [0.05, 0.1) is 29.2 Å². The minimum absolute atomic E-state index is 0.106. The molecule has 0 heterocycles. The van der Waals surface area contributed by atoms with E-state index < -0.39 is 0 Å². The maximum atomic E-state index is 8.89. The number of hydrogen-bond acceptors (Lipinski definition) is 6. The van der Waals surface area contributed by atoms with Gasteiger partial charge in [-0.3, -0.25) is 0 Å². The van der Waals surface area contributed by atoms with Gasteiger partial charge >= 0.3 is 0 Å². The molecule has 1 saturated carbocycles. The first-order valence-electron chi connectivity index (χ1n) is 4.26. The van der Waals surface area contributed by atoms with Crippen LogP contribution in [0.15, 0.2) is 0 Å². The lowest BCUT2D eigenvalue weighted by Gasteiger charge is -2.27.